The largest absolute Gasteiger partial charge is 0.459 e. The normalized spacial score (nSPS) is 23.6. The van der Waals surface area contributed by atoms with E-state index in [4.69, 9.17) is 0 Å². The molecule has 0 bridgehead atoms. The molecule has 0 unspecified atom stereocenters. The van der Waals surface area contributed by atoms with Crippen molar-refractivity contribution in [2.45, 2.75) is 38.0 Å². The van der Waals surface area contributed by atoms with Gasteiger partial charge in [-0.15, -0.1) is 0 Å². The number of aliphatic hydroxyl groups is 1. The highest BCUT2D eigenvalue weighted by atomic mass is 19.4. The lowest BCUT2D eigenvalue weighted by atomic mass is 9.86. The van der Waals surface area contributed by atoms with Gasteiger partial charge in [0.05, 0.1) is 17.9 Å². The fourth-order valence-corrected chi connectivity index (χ4v) is 2.45. The zero-order valence-electron chi connectivity index (χ0n) is 10.7. The number of carbonyl (C=O) groups is 1. The maximum absolute atomic E-state index is 12.6. The first-order valence-corrected chi connectivity index (χ1v) is 6.50. The lowest BCUT2D eigenvalue weighted by Crippen LogP contribution is -2.37. The Labute approximate surface area is 114 Å². The van der Waals surface area contributed by atoms with Gasteiger partial charge < -0.3 is 14.8 Å². The van der Waals surface area contributed by atoms with E-state index < -0.39 is 29.5 Å². The SMILES string of the molecule is O=C(NC[C@H]1CCCC[C@@H]1O)c1ccoc1C(F)(F)F. The first kappa shape index (κ1) is 14.9. The Morgan fingerprint density at radius 1 is 1.40 bits per heavy atom. The van der Waals surface area contributed by atoms with Gasteiger partial charge in [0.25, 0.3) is 5.91 Å². The monoisotopic (exact) mass is 291 g/mol. The molecule has 112 valence electrons. The summed E-state index contributed by atoms with van der Waals surface area (Å²) in [5.74, 6) is -2.23. The summed E-state index contributed by atoms with van der Waals surface area (Å²) in [5.41, 5.74) is -0.525. The van der Waals surface area contributed by atoms with Crippen LogP contribution in [0.1, 0.15) is 41.8 Å². The number of rotatable bonds is 3. The second kappa shape index (κ2) is 5.87. The van der Waals surface area contributed by atoms with Crippen LogP contribution in [-0.2, 0) is 6.18 Å². The molecule has 2 N–H and O–H groups in total. The predicted octanol–water partition coefficient (Wildman–Crippen LogP) is 2.58. The number of alkyl halides is 3. The van der Waals surface area contributed by atoms with Crippen molar-refractivity contribution >= 4 is 5.91 Å². The van der Waals surface area contributed by atoms with Crippen LogP contribution in [0.4, 0.5) is 13.2 Å². The van der Waals surface area contributed by atoms with Gasteiger partial charge in [-0.1, -0.05) is 12.8 Å². The molecule has 0 aromatic carbocycles. The minimum atomic E-state index is -4.69. The molecule has 0 radical (unpaired) electrons. The standard InChI is InChI=1S/C13H16F3NO3/c14-13(15,16)11-9(5-6-20-11)12(19)17-7-8-3-1-2-4-10(8)18/h5-6,8,10,18H,1-4,7H2,(H,17,19)/t8-,10+/m1/s1. The lowest BCUT2D eigenvalue weighted by Gasteiger charge is -2.27. The van der Waals surface area contributed by atoms with Crippen LogP contribution in [0.5, 0.6) is 0 Å². The Hall–Kier alpha value is -1.50. The zero-order chi connectivity index (χ0) is 14.8. The molecule has 1 aromatic heterocycles. The molecule has 4 nitrogen and oxygen atoms in total. The van der Waals surface area contributed by atoms with Gasteiger partial charge in [0.2, 0.25) is 5.76 Å². The summed E-state index contributed by atoms with van der Waals surface area (Å²) in [5, 5.41) is 12.2. The molecular weight excluding hydrogens is 275 g/mol. The van der Waals surface area contributed by atoms with Crippen molar-refractivity contribution in [1.82, 2.24) is 5.32 Å². The van der Waals surface area contributed by atoms with Gasteiger partial charge in [-0.05, 0) is 18.9 Å². The second-order valence-corrected chi connectivity index (χ2v) is 4.98. The van der Waals surface area contributed by atoms with Crippen LogP contribution in [0.3, 0.4) is 0 Å². The molecule has 1 aliphatic rings. The quantitative estimate of drug-likeness (QED) is 0.899. The van der Waals surface area contributed by atoms with Crippen LogP contribution >= 0.6 is 0 Å². The first-order chi connectivity index (χ1) is 9.39. The smallest absolute Gasteiger partial charge is 0.450 e. The molecule has 20 heavy (non-hydrogen) atoms. The van der Waals surface area contributed by atoms with Crippen LogP contribution in [0.25, 0.3) is 0 Å². The summed E-state index contributed by atoms with van der Waals surface area (Å²) in [7, 11) is 0. The molecular formula is C13H16F3NO3. The summed E-state index contributed by atoms with van der Waals surface area (Å²) in [6.07, 6.45) is -1.04. The van der Waals surface area contributed by atoms with Crippen LogP contribution in [0, 0.1) is 5.92 Å². The van der Waals surface area contributed by atoms with Crippen molar-refractivity contribution in [3.8, 4) is 0 Å². The van der Waals surface area contributed by atoms with Gasteiger partial charge in [-0.25, -0.2) is 0 Å². The van der Waals surface area contributed by atoms with Gasteiger partial charge >= 0.3 is 6.18 Å². The summed E-state index contributed by atoms with van der Waals surface area (Å²) in [6, 6.07) is 0.995. The van der Waals surface area contributed by atoms with Gasteiger partial charge in [0, 0.05) is 12.5 Å². The van der Waals surface area contributed by atoms with E-state index in [0.29, 0.717) is 6.42 Å². The highest BCUT2D eigenvalue weighted by molar-refractivity contribution is 5.95. The number of amides is 1. The first-order valence-electron chi connectivity index (χ1n) is 6.50. The Kier molecular flexibility index (Phi) is 4.37. The van der Waals surface area contributed by atoms with Crippen molar-refractivity contribution in [2.24, 2.45) is 5.92 Å². The molecule has 1 amide bonds. The Bertz CT molecular complexity index is 470. The topological polar surface area (TPSA) is 62.5 Å². The van der Waals surface area contributed by atoms with Gasteiger partial charge in [-0.2, -0.15) is 13.2 Å². The Morgan fingerprint density at radius 3 is 2.75 bits per heavy atom. The maximum atomic E-state index is 12.6. The van der Waals surface area contributed by atoms with E-state index in [1.54, 1.807) is 0 Å². The van der Waals surface area contributed by atoms with Crippen molar-refractivity contribution in [1.29, 1.82) is 0 Å². The third-order valence-electron chi connectivity index (χ3n) is 3.56. The molecule has 0 spiro atoms. The van der Waals surface area contributed by atoms with Crippen LogP contribution in [-0.4, -0.2) is 23.7 Å². The van der Waals surface area contributed by atoms with E-state index in [1.807, 2.05) is 0 Å². The average Bonchev–Trinajstić information content (AvgIpc) is 2.86. The number of hydrogen-bond acceptors (Lipinski definition) is 3. The van der Waals surface area contributed by atoms with E-state index in [0.717, 1.165) is 31.6 Å². The second-order valence-electron chi connectivity index (χ2n) is 4.98. The van der Waals surface area contributed by atoms with Crippen LogP contribution in [0.2, 0.25) is 0 Å². The highest BCUT2D eigenvalue weighted by Gasteiger charge is 2.39. The molecule has 0 aliphatic heterocycles. The van der Waals surface area contributed by atoms with Gasteiger partial charge in [0.15, 0.2) is 0 Å². The molecule has 1 saturated carbocycles. The summed E-state index contributed by atoms with van der Waals surface area (Å²) < 4.78 is 42.1. The molecule has 1 heterocycles. The minimum Gasteiger partial charge on any atom is -0.459 e. The summed E-state index contributed by atoms with van der Waals surface area (Å²) in [6.45, 7) is 0.169. The van der Waals surface area contributed by atoms with Gasteiger partial charge in [0.1, 0.15) is 0 Å². The molecule has 2 atom stereocenters. The van der Waals surface area contributed by atoms with E-state index in [2.05, 4.69) is 9.73 Å². The molecule has 1 aromatic rings. The summed E-state index contributed by atoms with van der Waals surface area (Å²) in [4.78, 5) is 11.8. The minimum absolute atomic E-state index is 0.103. The molecule has 1 aliphatic carbocycles. The average molecular weight is 291 g/mol. The third-order valence-corrected chi connectivity index (χ3v) is 3.56. The number of carbonyl (C=O) groups excluding carboxylic acids is 1. The number of hydrogen-bond donors (Lipinski definition) is 2. The lowest BCUT2D eigenvalue weighted by molar-refractivity contribution is -0.153. The Balaban J connectivity index is 1.97. The number of nitrogens with one attached hydrogen (secondary N) is 1. The van der Waals surface area contributed by atoms with Crippen molar-refractivity contribution in [2.75, 3.05) is 6.54 Å². The van der Waals surface area contributed by atoms with Crippen LogP contribution < -0.4 is 5.32 Å². The van der Waals surface area contributed by atoms with Gasteiger partial charge in [-0.3, -0.25) is 4.79 Å². The van der Waals surface area contributed by atoms with E-state index in [1.165, 1.54) is 0 Å². The third kappa shape index (κ3) is 3.33. The molecule has 1 fully saturated rings. The maximum Gasteiger partial charge on any atom is 0.450 e. The van der Waals surface area contributed by atoms with Crippen molar-refractivity contribution in [3.05, 3.63) is 23.7 Å². The van der Waals surface area contributed by atoms with E-state index in [9.17, 15) is 23.1 Å². The molecule has 0 saturated heterocycles. The number of halogens is 3. The molecule has 7 heteroatoms. The predicted molar refractivity (Wildman–Crippen MR) is 64.0 cm³/mol. The van der Waals surface area contributed by atoms with E-state index >= 15 is 0 Å². The Morgan fingerprint density at radius 2 is 2.10 bits per heavy atom. The van der Waals surface area contributed by atoms with Crippen molar-refractivity contribution < 1.29 is 27.5 Å². The zero-order valence-corrected chi connectivity index (χ0v) is 10.7. The van der Waals surface area contributed by atoms with E-state index in [-0.39, 0.29) is 12.5 Å². The van der Waals surface area contributed by atoms with Crippen molar-refractivity contribution in [3.63, 3.8) is 0 Å². The summed E-state index contributed by atoms with van der Waals surface area (Å²) >= 11 is 0. The fourth-order valence-electron chi connectivity index (χ4n) is 2.45. The van der Waals surface area contributed by atoms with Crippen LogP contribution in [0.15, 0.2) is 16.7 Å². The fraction of sp³-hybridized carbons (Fsp3) is 0.615. The number of aliphatic hydroxyl groups excluding tert-OH is 1. The molecule has 2 rings (SSSR count). The number of furan rings is 1. The highest BCUT2D eigenvalue weighted by Crippen LogP contribution is 2.32.